The molecule has 104 valence electrons. The maximum Gasteiger partial charge on any atom is 0.176 e. The highest BCUT2D eigenvalue weighted by atomic mass is 127. The smallest absolute Gasteiger partial charge is 0.176 e. The van der Waals surface area contributed by atoms with Gasteiger partial charge in [0.1, 0.15) is 0 Å². The zero-order chi connectivity index (χ0) is 13.7. The number of piperidine rings is 1. The molecule has 1 aliphatic rings. The molecule has 0 aromatic heterocycles. The van der Waals surface area contributed by atoms with Crippen LogP contribution in [0.15, 0.2) is 24.3 Å². The first kappa shape index (κ1) is 14.9. The number of Topliss-reactive ketones (excluding diaryl/α,β-unsaturated/α-hetero) is 1. The first-order valence-electron chi connectivity index (χ1n) is 6.84. The molecule has 1 heterocycles. The first-order chi connectivity index (χ1) is 9.20. The number of carbonyl (C=O) groups excluding carboxylic acids is 1. The minimum atomic E-state index is 0.182. The van der Waals surface area contributed by atoms with Gasteiger partial charge in [0.2, 0.25) is 0 Å². The van der Waals surface area contributed by atoms with Gasteiger partial charge in [0.05, 0.1) is 6.54 Å². The third kappa shape index (κ3) is 4.26. The van der Waals surface area contributed by atoms with Gasteiger partial charge in [-0.3, -0.25) is 9.69 Å². The van der Waals surface area contributed by atoms with Crippen molar-refractivity contribution < 1.29 is 9.90 Å². The summed E-state index contributed by atoms with van der Waals surface area (Å²) in [5.74, 6) is 0.182. The molecule has 19 heavy (non-hydrogen) atoms. The number of hydrogen-bond acceptors (Lipinski definition) is 3. The molecular weight excluding hydrogens is 353 g/mol. The number of aliphatic hydroxyl groups is 1. The number of hydrogen-bond donors (Lipinski definition) is 1. The summed E-state index contributed by atoms with van der Waals surface area (Å²) in [6.45, 7) is 1.66. The van der Waals surface area contributed by atoms with E-state index in [-0.39, 0.29) is 12.4 Å². The van der Waals surface area contributed by atoms with E-state index in [0.29, 0.717) is 12.6 Å². The van der Waals surface area contributed by atoms with Crippen LogP contribution in [0.5, 0.6) is 0 Å². The zero-order valence-electron chi connectivity index (χ0n) is 11.0. The minimum absolute atomic E-state index is 0.182. The van der Waals surface area contributed by atoms with Crippen molar-refractivity contribution in [3.8, 4) is 0 Å². The van der Waals surface area contributed by atoms with E-state index in [2.05, 4.69) is 27.5 Å². The van der Waals surface area contributed by atoms with Crippen molar-refractivity contribution in [3.05, 3.63) is 33.4 Å². The summed E-state index contributed by atoms with van der Waals surface area (Å²) in [6.07, 6.45) is 4.24. The summed E-state index contributed by atoms with van der Waals surface area (Å²) in [5.41, 5.74) is 0.786. The van der Waals surface area contributed by atoms with Gasteiger partial charge in [-0.25, -0.2) is 0 Å². The molecule has 2 rings (SSSR count). The Morgan fingerprint density at radius 2 is 2.05 bits per heavy atom. The summed E-state index contributed by atoms with van der Waals surface area (Å²) in [5, 5.41) is 9.11. The van der Waals surface area contributed by atoms with Gasteiger partial charge < -0.3 is 5.11 Å². The van der Waals surface area contributed by atoms with Gasteiger partial charge in [0, 0.05) is 21.8 Å². The molecule has 3 nitrogen and oxygen atoms in total. The monoisotopic (exact) mass is 373 g/mol. The second kappa shape index (κ2) is 7.36. The first-order valence-corrected chi connectivity index (χ1v) is 7.92. The highest BCUT2D eigenvalue weighted by Crippen LogP contribution is 2.20. The number of aliphatic hydroxyl groups excluding tert-OH is 1. The highest BCUT2D eigenvalue weighted by Gasteiger charge is 2.24. The van der Waals surface area contributed by atoms with Gasteiger partial charge >= 0.3 is 0 Å². The average molecular weight is 373 g/mol. The van der Waals surface area contributed by atoms with E-state index in [1.807, 2.05) is 24.3 Å². The Balaban J connectivity index is 1.98. The maximum atomic E-state index is 12.3. The summed E-state index contributed by atoms with van der Waals surface area (Å²) in [4.78, 5) is 14.5. The van der Waals surface area contributed by atoms with Gasteiger partial charge in [0.15, 0.2) is 5.78 Å². The maximum absolute atomic E-state index is 12.3. The Hall–Kier alpha value is -0.460. The molecule has 1 aromatic carbocycles. The summed E-state index contributed by atoms with van der Waals surface area (Å²) in [7, 11) is 0. The third-order valence-electron chi connectivity index (χ3n) is 3.72. The Morgan fingerprint density at radius 1 is 1.32 bits per heavy atom. The van der Waals surface area contributed by atoms with Crippen LogP contribution in [0, 0.1) is 3.57 Å². The molecule has 1 aliphatic heterocycles. The fourth-order valence-corrected chi connectivity index (χ4v) is 3.02. The van der Waals surface area contributed by atoms with E-state index in [1.54, 1.807) is 0 Å². The molecule has 4 heteroatoms. The normalized spacial score (nSPS) is 20.4. The molecule has 1 fully saturated rings. The predicted octanol–water partition coefficient (Wildman–Crippen LogP) is 2.71. The van der Waals surface area contributed by atoms with Crippen LogP contribution in [0.3, 0.4) is 0 Å². The van der Waals surface area contributed by atoms with Crippen molar-refractivity contribution >= 4 is 28.4 Å². The number of likely N-dealkylation sites (tertiary alicyclic amines) is 1. The van der Waals surface area contributed by atoms with Gasteiger partial charge in [0.25, 0.3) is 0 Å². The van der Waals surface area contributed by atoms with Crippen molar-refractivity contribution in [2.24, 2.45) is 0 Å². The van der Waals surface area contributed by atoms with Gasteiger partial charge in [-0.1, -0.05) is 18.6 Å². The fourth-order valence-electron chi connectivity index (χ4n) is 2.66. The lowest BCUT2D eigenvalue weighted by Crippen LogP contribution is -2.43. The summed E-state index contributed by atoms with van der Waals surface area (Å²) >= 11 is 2.24. The van der Waals surface area contributed by atoms with E-state index in [1.165, 1.54) is 6.42 Å². The van der Waals surface area contributed by atoms with Crippen LogP contribution in [0.1, 0.15) is 36.0 Å². The van der Waals surface area contributed by atoms with Crippen molar-refractivity contribution in [2.75, 3.05) is 19.7 Å². The van der Waals surface area contributed by atoms with E-state index < -0.39 is 0 Å². The molecule has 0 radical (unpaired) electrons. The average Bonchev–Trinajstić information content (AvgIpc) is 2.42. The van der Waals surface area contributed by atoms with E-state index >= 15 is 0 Å². The minimum Gasteiger partial charge on any atom is -0.396 e. The van der Waals surface area contributed by atoms with Gasteiger partial charge in [-0.2, -0.15) is 0 Å². The highest BCUT2D eigenvalue weighted by molar-refractivity contribution is 14.1. The molecular formula is C15H20INO2. The van der Waals surface area contributed by atoms with Crippen molar-refractivity contribution in [1.82, 2.24) is 4.90 Å². The van der Waals surface area contributed by atoms with E-state index in [4.69, 9.17) is 5.11 Å². The van der Waals surface area contributed by atoms with Crippen LogP contribution < -0.4 is 0 Å². The fraction of sp³-hybridized carbons (Fsp3) is 0.533. The summed E-state index contributed by atoms with van der Waals surface area (Å²) < 4.78 is 1.14. The van der Waals surface area contributed by atoms with Crippen LogP contribution in [0.25, 0.3) is 0 Å². The predicted molar refractivity (Wildman–Crippen MR) is 84.4 cm³/mol. The molecule has 0 aliphatic carbocycles. The second-order valence-corrected chi connectivity index (χ2v) is 6.31. The largest absolute Gasteiger partial charge is 0.396 e. The van der Waals surface area contributed by atoms with E-state index in [9.17, 15) is 4.79 Å². The molecule has 0 bridgehead atoms. The molecule has 1 atom stereocenters. The quantitative estimate of drug-likeness (QED) is 0.638. The topological polar surface area (TPSA) is 40.5 Å². The van der Waals surface area contributed by atoms with Crippen LogP contribution in [0.4, 0.5) is 0 Å². The molecule has 0 amide bonds. The molecule has 1 saturated heterocycles. The number of rotatable bonds is 5. The summed E-state index contributed by atoms with van der Waals surface area (Å²) in [6, 6.07) is 8.10. The Bertz CT molecular complexity index is 417. The number of benzene rings is 1. The zero-order valence-corrected chi connectivity index (χ0v) is 13.2. The van der Waals surface area contributed by atoms with Crippen LogP contribution >= 0.6 is 22.6 Å². The number of halogens is 1. The molecule has 1 N–H and O–H groups in total. The second-order valence-electron chi connectivity index (χ2n) is 5.06. The van der Waals surface area contributed by atoms with Crippen molar-refractivity contribution in [1.29, 1.82) is 0 Å². The number of ketones is 1. The molecule has 1 aromatic rings. The Labute approximate surface area is 128 Å². The number of nitrogens with zero attached hydrogens (tertiary/aromatic N) is 1. The Kier molecular flexibility index (Phi) is 5.78. The lowest BCUT2D eigenvalue weighted by Gasteiger charge is -2.34. The van der Waals surface area contributed by atoms with Crippen molar-refractivity contribution in [3.63, 3.8) is 0 Å². The lowest BCUT2D eigenvalue weighted by molar-refractivity contribution is 0.0799. The van der Waals surface area contributed by atoms with E-state index in [0.717, 1.165) is 34.9 Å². The van der Waals surface area contributed by atoms with Crippen molar-refractivity contribution in [2.45, 2.75) is 31.7 Å². The third-order valence-corrected chi connectivity index (χ3v) is 4.44. The van der Waals surface area contributed by atoms with Gasteiger partial charge in [-0.15, -0.1) is 0 Å². The van der Waals surface area contributed by atoms with Crippen LogP contribution in [0.2, 0.25) is 0 Å². The lowest BCUT2D eigenvalue weighted by atomic mass is 9.98. The van der Waals surface area contributed by atoms with Crippen LogP contribution in [-0.4, -0.2) is 41.5 Å². The SMILES string of the molecule is O=C(CN1CCCCC1CCO)c1ccc(I)cc1. The molecule has 0 saturated carbocycles. The number of carbonyl (C=O) groups is 1. The molecule has 0 spiro atoms. The van der Waals surface area contributed by atoms with Crippen LogP contribution in [-0.2, 0) is 0 Å². The standard InChI is InChI=1S/C15H20INO2/c16-13-6-4-12(5-7-13)15(19)11-17-9-2-1-3-14(17)8-10-18/h4-7,14,18H,1-3,8-11H2. The van der Waals surface area contributed by atoms with Gasteiger partial charge in [-0.05, 0) is 60.5 Å². The Morgan fingerprint density at radius 3 is 2.74 bits per heavy atom. The molecule has 1 unspecified atom stereocenters.